The Balaban J connectivity index is 2.34. The summed E-state index contributed by atoms with van der Waals surface area (Å²) >= 11 is 5.90. The largest absolute Gasteiger partial charge is 0.465 e. The van der Waals surface area contributed by atoms with Crippen LogP contribution in [-0.4, -0.2) is 31.8 Å². The van der Waals surface area contributed by atoms with Gasteiger partial charge in [0.1, 0.15) is 6.54 Å². The zero-order chi connectivity index (χ0) is 17.6. The van der Waals surface area contributed by atoms with Crippen LogP contribution in [0.4, 0.5) is 0 Å². The summed E-state index contributed by atoms with van der Waals surface area (Å²) < 4.78 is 31.8. The van der Waals surface area contributed by atoms with Crippen molar-refractivity contribution in [2.75, 3.05) is 13.2 Å². The third kappa shape index (κ3) is 4.80. The first kappa shape index (κ1) is 18.4. The Hall–Kier alpha value is -1.89. The molecule has 0 radical (unpaired) electrons. The Morgan fingerprint density at radius 2 is 1.83 bits per heavy atom. The van der Waals surface area contributed by atoms with Gasteiger partial charge in [0.15, 0.2) is 0 Å². The lowest BCUT2D eigenvalue weighted by atomic mass is 10.2. The van der Waals surface area contributed by atoms with E-state index in [1.54, 1.807) is 31.2 Å². The molecule has 0 spiro atoms. The van der Waals surface area contributed by atoms with E-state index in [1.165, 1.54) is 12.1 Å². The van der Waals surface area contributed by atoms with E-state index in [1.807, 2.05) is 18.2 Å². The van der Waals surface area contributed by atoms with E-state index in [-0.39, 0.29) is 24.6 Å². The van der Waals surface area contributed by atoms with Crippen LogP contribution in [0.15, 0.2) is 59.5 Å². The number of rotatable bonds is 7. The Kier molecular flexibility index (Phi) is 6.36. The molecular weight excluding hydrogens is 350 g/mol. The zero-order valence-electron chi connectivity index (χ0n) is 13.2. The lowest BCUT2D eigenvalue weighted by molar-refractivity contribution is -0.143. The number of halogens is 1. The van der Waals surface area contributed by atoms with Crippen molar-refractivity contribution >= 4 is 27.6 Å². The highest BCUT2D eigenvalue weighted by Gasteiger charge is 2.27. The van der Waals surface area contributed by atoms with E-state index in [0.29, 0.717) is 5.02 Å². The second kappa shape index (κ2) is 8.28. The maximum atomic E-state index is 12.9. The highest BCUT2D eigenvalue weighted by atomic mass is 35.5. The van der Waals surface area contributed by atoms with Crippen LogP contribution in [0.2, 0.25) is 5.02 Å². The highest BCUT2D eigenvalue weighted by Crippen LogP contribution is 2.21. The van der Waals surface area contributed by atoms with Crippen molar-refractivity contribution in [3.8, 4) is 0 Å². The van der Waals surface area contributed by atoms with E-state index >= 15 is 0 Å². The molecule has 2 aromatic rings. The quantitative estimate of drug-likeness (QED) is 0.705. The van der Waals surface area contributed by atoms with Crippen molar-refractivity contribution in [3.63, 3.8) is 0 Å². The molecular formula is C17H18ClNO4S. The second-order valence-electron chi connectivity index (χ2n) is 5.02. The normalized spacial score (nSPS) is 11.5. The van der Waals surface area contributed by atoms with Gasteiger partial charge >= 0.3 is 5.97 Å². The minimum atomic E-state index is -3.89. The number of esters is 1. The summed E-state index contributed by atoms with van der Waals surface area (Å²) in [4.78, 5) is 11.9. The molecule has 0 atom stereocenters. The molecule has 0 aromatic heterocycles. The Labute approximate surface area is 146 Å². The molecule has 0 saturated carbocycles. The van der Waals surface area contributed by atoms with Crippen molar-refractivity contribution in [3.05, 3.63) is 65.2 Å². The maximum absolute atomic E-state index is 12.9. The molecule has 7 heteroatoms. The van der Waals surface area contributed by atoms with Gasteiger partial charge in [0.2, 0.25) is 10.0 Å². The van der Waals surface area contributed by atoms with Crippen molar-refractivity contribution in [2.24, 2.45) is 0 Å². The SMILES string of the molecule is CCOC(=O)CN(Cc1ccccc1)S(=O)(=O)c1cccc(Cl)c1. The lowest BCUT2D eigenvalue weighted by Gasteiger charge is -2.21. The van der Waals surface area contributed by atoms with E-state index in [4.69, 9.17) is 16.3 Å². The molecule has 0 N–H and O–H groups in total. The van der Waals surface area contributed by atoms with Crippen LogP contribution in [-0.2, 0) is 26.1 Å². The van der Waals surface area contributed by atoms with E-state index < -0.39 is 16.0 Å². The summed E-state index contributed by atoms with van der Waals surface area (Å²) in [5.74, 6) is -0.598. The number of sulfonamides is 1. The van der Waals surface area contributed by atoms with Gasteiger partial charge in [0, 0.05) is 11.6 Å². The number of hydrogen-bond acceptors (Lipinski definition) is 4. The smallest absolute Gasteiger partial charge is 0.321 e. The number of carbonyl (C=O) groups excluding carboxylic acids is 1. The van der Waals surface area contributed by atoms with Crippen LogP contribution in [0.5, 0.6) is 0 Å². The average molecular weight is 368 g/mol. The number of hydrogen-bond donors (Lipinski definition) is 0. The fourth-order valence-corrected chi connectivity index (χ4v) is 3.81. The van der Waals surface area contributed by atoms with Crippen molar-refractivity contribution < 1.29 is 17.9 Å². The summed E-state index contributed by atoms with van der Waals surface area (Å²) in [6.07, 6.45) is 0. The van der Waals surface area contributed by atoms with E-state index in [0.717, 1.165) is 9.87 Å². The number of nitrogens with zero attached hydrogens (tertiary/aromatic N) is 1. The number of benzene rings is 2. The molecule has 2 aromatic carbocycles. The third-order valence-corrected chi connectivity index (χ3v) is 5.27. The van der Waals surface area contributed by atoms with Gasteiger partial charge in [-0.05, 0) is 30.7 Å². The summed E-state index contributed by atoms with van der Waals surface area (Å²) in [5.41, 5.74) is 0.771. The standard InChI is InChI=1S/C17H18ClNO4S/c1-2-23-17(20)13-19(12-14-7-4-3-5-8-14)24(21,22)16-10-6-9-15(18)11-16/h3-11H,2,12-13H2,1H3. The molecule has 0 aliphatic carbocycles. The number of carbonyl (C=O) groups is 1. The monoisotopic (exact) mass is 367 g/mol. The molecule has 0 heterocycles. The fourth-order valence-electron chi connectivity index (χ4n) is 2.14. The Morgan fingerprint density at radius 1 is 1.12 bits per heavy atom. The van der Waals surface area contributed by atoms with Crippen LogP contribution in [0.3, 0.4) is 0 Å². The maximum Gasteiger partial charge on any atom is 0.321 e. The first-order chi connectivity index (χ1) is 11.4. The molecule has 128 valence electrons. The van der Waals surface area contributed by atoms with Crippen LogP contribution < -0.4 is 0 Å². The summed E-state index contributed by atoms with van der Waals surface area (Å²) in [6, 6.07) is 15.0. The Morgan fingerprint density at radius 3 is 2.46 bits per heavy atom. The summed E-state index contributed by atoms with van der Waals surface area (Å²) in [7, 11) is -3.89. The summed E-state index contributed by atoms with van der Waals surface area (Å²) in [5, 5.41) is 0.312. The van der Waals surface area contributed by atoms with Crippen molar-refractivity contribution in [2.45, 2.75) is 18.4 Å². The van der Waals surface area contributed by atoms with Gasteiger partial charge in [-0.1, -0.05) is 48.0 Å². The van der Waals surface area contributed by atoms with Crippen LogP contribution in [0.1, 0.15) is 12.5 Å². The molecule has 24 heavy (non-hydrogen) atoms. The molecule has 0 saturated heterocycles. The molecule has 0 bridgehead atoms. The van der Waals surface area contributed by atoms with E-state index in [2.05, 4.69) is 0 Å². The molecule has 0 amide bonds. The Bertz CT molecular complexity index is 793. The van der Waals surface area contributed by atoms with Gasteiger partial charge in [0.25, 0.3) is 0 Å². The minimum Gasteiger partial charge on any atom is -0.465 e. The topological polar surface area (TPSA) is 63.7 Å². The molecule has 0 fully saturated rings. The van der Waals surface area contributed by atoms with Crippen LogP contribution in [0, 0.1) is 0 Å². The minimum absolute atomic E-state index is 0.0372. The summed E-state index contributed by atoms with van der Waals surface area (Å²) in [6.45, 7) is 1.56. The fraction of sp³-hybridized carbons (Fsp3) is 0.235. The lowest BCUT2D eigenvalue weighted by Crippen LogP contribution is -2.36. The van der Waals surface area contributed by atoms with E-state index in [9.17, 15) is 13.2 Å². The first-order valence-electron chi connectivity index (χ1n) is 7.38. The zero-order valence-corrected chi connectivity index (χ0v) is 14.8. The average Bonchev–Trinajstić information content (AvgIpc) is 2.55. The first-order valence-corrected chi connectivity index (χ1v) is 9.20. The van der Waals surface area contributed by atoms with Gasteiger partial charge in [0.05, 0.1) is 11.5 Å². The predicted octanol–water partition coefficient (Wildman–Crippen LogP) is 3.09. The van der Waals surface area contributed by atoms with Gasteiger partial charge in [-0.25, -0.2) is 8.42 Å². The molecule has 5 nitrogen and oxygen atoms in total. The van der Waals surface area contributed by atoms with Crippen molar-refractivity contribution in [1.29, 1.82) is 0 Å². The number of ether oxygens (including phenoxy) is 1. The van der Waals surface area contributed by atoms with Crippen LogP contribution in [0.25, 0.3) is 0 Å². The molecule has 2 rings (SSSR count). The highest BCUT2D eigenvalue weighted by molar-refractivity contribution is 7.89. The van der Waals surface area contributed by atoms with Gasteiger partial charge < -0.3 is 4.74 Å². The molecule has 0 aliphatic rings. The third-order valence-electron chi connectivity index (χ3n) is 3.25. The van der Waals surface area contributed by atoms with Gasteiger partial charge in [-0.2, -0.15) is 4.31 Å². The molecule has 0 unspecified atom stereocenters. The predicted molar refractivity (Wildman–Crippen MR) is 92.1 cm³/mol. The van der Waals surface area contributed by atoms with Crippen LogP contribution >= 0.6 is 11.6 Å². The van der Waals surface area contributed by atoms with Gasteiger partial charge in [-0.15, -0.1) is 0 Å². The van der Waals surface area contributed by atoms with Gasteiger partial charge in [-0.3, -0.25) is 4.79 Å². The van der Waals surface area contributed by atoms with Crippen molar-refractivity contribution in [1.82, 2.24) is 4.31 Å². The second-order valence-corrected chi connectivity index (χ2v) is 7.40. The molecule has 0 aliphatic heterocycles.